The topological polar surface area (TPSA) is 34.9 Å². The summed E-state index contributed by atoms with van der Waals surface area (Å²) in [6.45, 7) is -0.00892. The van der Waals surface area contributed by atoms with Crippen LogP contribution >= 0.6 is 11.6 Å². The predicted octanol–water partition coefficient (Wildman–Crippen LogP) is 3.75. The molecule has 0 unspecified atom stereocenters. The van der Waals surface area contributed by atoms with E-state index < -0.39 is 5.82 Å². The summed E-state index contributed by atoms with van der Waals surface area (Å²) in [5.74, 6) is -0.452. The Labute approximate surface area is 131 Å². The fourth-order valence-corrected chi connectivity index (χ4v) is 2.38. The molecule has 0 aliphatic carbocycles. The number of halogens is 2. The van der Waals surface area contributed by atoms with Crippen LogP contribution in [0.5, 0.6) is 0 Å². The van der Waals surface area contributed by atoms with Crippen LogP contribution in [0.1, 0.15) is 5.56 Å². The number of hydrogen-bond acceptors (Lipinski definition) is 2. The van der Waals surface area contributed by atoms with E-state index in [2.05, 4.69) is 5.10 Å². The number of aromatic nitrogens is 2. The maximum atomic E-state index is 13.9. The summed E-state index contributed by atoms with van der Waals surface area (Å²) in [5.41, 5.74) is 1.48. The summed E-state index contributed by atoms with van der Waals surface area (Å²) in [6, 6.07) is 17.0. The summed E-state index contributed by atoms with van der Waals surface area (Å²) >= 11 is 6.01. The highest BCUT2D eigenvalue weighted by molar-refractivity contribution is 6.31. The van der Waals surface area contributed by atoms with Gasteiger partial charge in [0.2, 0.25) is 0 Å². The predicted molar refractivity (Wildman–Crippen MR) is 84.4 cm³/mol. The summed E-state index contributed by atoms with van der Waals surface area (Å²) < 4.78 is 15.1. The minimum Gasteiger partial charge on any atom is -0.268 e. The van der Waals surface area contributed by atoms with Gasteiger partial charge in [-0.3, -0.25) is 4.79 Å². The third-order valence-electron chi connectivity index (χ3n) is 3.31. The molecular weight excluding hydrogens is 303 g/mol. The van der Waals surface area contributed by atoms with Crippen molar-refractivity contribution in [3.8, 4) is 11.3 Å². The monoisotopic (exact) mass is 314 g/mol. The van der Waals surface area contributed by atoms with Crippen LogP contribution in [0.2, 0.25) is 5.02 Å². The van der Waals surface area contributed by atoms with Crippen LogP contribution in [0.15, 0.2) is 65.5 Å². The second-order valence-corrected chi connectivity index (χ2v) is 5.19. The van der Waals surface area contributed by atoms with Crippen LogP contribution in [-0.4, -0.2) is 9.78 Å². The molecule has 0 saturated carbocycles. The summed E-state index contributed by atoms with van der Waals surface area (Å²) in [5, 5.41) is 4.58. The van der Waals surface area contributed by atoms with Crippen molar-refractivity contribution in [3.63, 3.8) is 0 Å². The number of rotatable bonds is 3. The molecule has 0 amide bonds. The molecule has 0 fully saturated rings. The molecule has 0 bridgehead atoms. The van der Waals surface area contributed by atoms with Gasteiger partial charge in [-0.1, -0.05) is 48.0 Å². The summed E-state index contributed by atoms with van der Waals surface area (Å²) in [4.78, 5) is 12.0. The zero-order valence-electron chi connectivity index (χ0n) is 11.5. The zero-order chi connectivity index (χ0) is 15.5. The van der Waals surface area contributed by atoms with Crippen LogP contribution in [-0.2, 0) is 6.54 Å². The lowest BCUT2D eigenvalue weighted by Gasteiger charge is -2.09. The number of nitrogens with zero attached hydrogens (tertiary/aromatic N) is 2. The van der Waals surface area contributed by atoms with Gasteiger partial charge in [-0.2, -0.15) is 5.10 Å². The maximum Gasteiger partial charge on any atom is 0.267 e. The molecule has 110 valence electrons. The summed E-state index contributed by atoms with van der Waals surface area (Å²) in [6.07, 6.45) is 0. The van der Waals surface area contributed by atoms with E-state index in [1.54, 1.807) is 12.1 Å². The van der Waals surface area contributed by atoms with Gasteiger partial charge in [0.15, 0.2) is 0 Å². The van der Waals surface area contributed by atoms with Gasteiger partial charge < -0.3 is 0 Å². The molecule has 0 aliphatic heterocycles. The molecule has 2 aromatic carbocycles. The Morgan fingerprint density at radius 2 is 1.77 bits per heavy atom. The van der Waals surface area contributed by atoms with Gasteiger partial charge in [-0.05, 0) is 18.2 Å². The van der Waals surface area contributed by atoms with E-state index in [-0.39, 0.29) is 22.7 Å². The average Bonchev–Trinajstić information content (AvgIpc) is 2.53. The third kappa shape index (κ3) is 2.92. The van der Waals surface area contributed by atoms with E-state index in [4.69, 9.17) is 11.6 Å². The van der Waals surface area contributed by atoms with E-state index in [0.29, 0.717) is 5.69 Å². The number of hydrogen-bond donors (Lipinski definition) is 0. The molecule has 3 rings (SSSR count). The quantitative estimate of drug-likeness (QED) is 0.738. The SMILES string of the molecule is O=c1ccc(-c2ccccc2)nn1Cc1c(F)cccc1Cl. The largest absolute Gasteiger partial charge is 0.268 e. The molecular formula is C17H12ClFN2O. The molecule has 0 saturated heterocycles. The Morgan fingerprint density at radius 3 is 2.50 bits per heavy atom. The molecule has 0 spiro atoms. The maximum absolute atomic E-state index is 13.9. The van der Waals surface area contributed by atoms with Gasteiger partial charge in [-0.15, -0.1) is 0 Å². The lowest BCUT2D eigenvalue weighted by molar-refractivity contribution is 0.573. The Bertz CT molecular complexity index is 842. The first-order valence-corrected chi connectivity index (χ1v) is 7.09. The van der Waals surface area contributed by atoms with Crippen LogP contribution in [0.25, 0.3) is 11.3 Å². The average molecular weight is 315 g/mol. The fraction of sp³-hybridized carbons (Fsp3) is 0.0588. The van der Waals surface area contributed by atoms with E-state index in [1.165, 1.54) is 22.9 Å². The second-order valence-electron chi connectivity index (χ2n) is 4.78. The lowest BCUT2D eigenvalue weighted by atomic mass is 10.1. The first kappa shape index (κ1) is 14.5. The van der Waals surface area contributed by atoms with E-state index in [9.17, 15) is 9.18 Å². The van der Waals surface area contributed by atoms with Gasteiger partial charge >= 0.3 is 0 Å². The van der Waals surface area contributed by atoms with Crippen LogP contribution in [0.3, 0.4) is 0 Å². The molecule has 1 heterocycles. The minimum absolute atomic E-state index is 0.00892. The minimum atomic E-state index is -0.452. The first-order valence-electron chi connectivity index (χ1n) is 6.71. The van der Waals surface area contributed by atoms with Gasteiger partial charge in [0.25, 0.3) is 5.56 Å². The normalized spacial score (nSPS) is 10.6. The second kappa shape index (κ2) is 6.12. The standard InChI is InChI=1S/C17H12ClFN2O/c18-14-7-4-8-15(19)13(14)11-21-17(22)10-9-16(20-21)12-5-2-1-3-6-12/h1-10H,11H2. The van der Waals surface area contributed by atoms with Crippen molar-refractivity contribution in [3.05, 3.63) is 87.4 Å². The highest BCUT2D eigenvalue weighted by atomic mass is 35.5. The van der Waals surface area contributed by atoms with Gasteiger partial charge in [-0.25, -0.2) is 9.07 Å². The highest BCUT2D eigenvalue weighted by Gasteiger charge is 2.10. The van der Waals surface area contributed by atoms with E-state index in [0.717, 1.165) is 5.56 Å². The van der Waals surface area contributed by atoms with Crippen molar-refractivity contribution in [2.24, 2.45) is 0 Å². The van der Waals surface area contributed by atoms with Gasteiger partial charge in [0.05, 0.1) is 12.2 Å². The van der Waals surface area contributed by atoms with Crippen molar-refractivity contribution in [1.29, 1.82) is 0 Å². The highest BCUT2D eigenvalue weighted by Crippen LogP contribution is 2.20. The lowest BCUT2D eigenvalue weighted by Crippen LogP contribution is -2.23. The Hall–Kier alpha value is -2.46. The van der Waals surface area contributed by atoms with Gasteiger partial charge in [0, 0.05) is 22.2 Å². The molecule has 3 aromatic rings. The Balaban J connectivity index is 2.03. The molecule has 0 aliphatic rings. The van der Waals surface area contributed by atoms with Gasteiger partial charge in [0.1, 0.15) is 5.82 Å². The molecule has 0 N–H and O–H groups in total. The van der Waals surface area contributed by atoms with Crippen molar-refractivity contribution in [2.45, 2.75) is 6.54 Å². The van der Waals surface area contributed by atoms with Crippen LogP contribution < -0.4 is 5.56 Å². The molecule has 5 heteroatoms. The Morgan fingerprint density at radius 1 is 1.00 bits per heavy atom. The zero-order valence-corrected chi connectivity index (χ0v) is 12.3. The van der Waals surface area contributed by atoms with Crippen molar-refractivity contribution < 1.29 is 4.39 Å². The van der Waals surface area contributed by atoms with Crippen molar-refractivity contribution in [2.75, 3.05) is 0 Å². The number of benzene rings is 2. The fourth-order valence-electron chi connectivity index (χ4n) is 2.16. The van der Waals surface area contributed by atoms with Crippen molar-refractivity contribution in [1.82, 2.24) is 9.78 Å². The molecule has 0 atom stereocenters. The summed E-state index contributed by atoms with van der Waals surface area (Å²) in [7, 11) is 0. The van der Waals surface area contributed by atoms with E-state index in [1.807, 2.05) is 30.3 Å². The first-order chi connectivity index (χ1) is 10.6. The molecule has 3 nitrogen and oxygen atoms in total. The molecule has 22 heavy (non-hydrogen) atoms. The molecule has 0 radical (unpaired) electrons. The molecule has 1 aromatic heterocycles. The third-order valence-corrected chi connectivity index (χ3v) is 3.66. The van der Waals surface area contributed by atoms with Crippen LogP contribution in [0, 0.1) is 5.82 Å². The van der Waals surface area contributed by atoms with E-state index >= 15 is 0 Å². The Kier molecular flexibility index (Phi) is 4.02. The smallest absolute Gasteiger partial charge is 0.267 e. The van der Waals surface area contributed by atoms with Crippen LogP contribution in [0.4, 0.5) is 4.39 Å². The van der Waals surface area contributed by atoms with Crippen molar-refractivity contribution >= 4 is 11.6 Å².